The molecule has 2 aromatic carbocycles. The quantitative estimate of drug-likeness (QED) is 0.855. The van der Waals surface area contributed by atoms with E-state index in [1.165, 1.54) is 17.5 Å². The molecule has 0 saturated heterocycles. The third kappa shape index (κ3) is 3.62. The van der Waals surface area contributed by atoms with E-state index in [9.17, 15) is 4.79 Å². The van der Waals surface area contributed by atoms with Crippen LogP contribution >= 0.6 is 0 Å². The molecule has 0 radical (unpaired) electrons. The monoisotopic (exact) mass is 309 g/mol. The number of nitrogens with zero attached hydrogens (tertiary/aromatic N) is 1. The first kappa shape index (κ1) is 15.8. The Bertz CT molecular complexity index is 676. The van der Waals surface area contributed by atoms with Gasteiger partial charge in [-0.05, 0) is 48.1 Å². The highest BCUT2D eigenvalue weighted by Crippen LogP contribution is 2.32. The first-order chi connectivity index (χ1) is 11.1. The molecule has 23 heavy (non-hydrogen) atoms. The predicted octanol–water partition coefficient (Wildman–Crippen LogP) is 3.98. The Balaban J connectivity index is 1.64. The summed E-state index contributed by atoms with van der Waals surface area (Å²) < 4.78 is 6.15. The number of carbonyl (C=O) groups is 1. The third-order valence-corrected chi connectivity index (χ3v) is 4.37. The van der Waals surface area contributed by atoms with Gasteiger partial charge in [0.15, 0.2) is 0 Å². The van der Waals surface area contributed by atoms with Crippen molar-refractivity contribution < 1.29 is 9.53 Å². The predicted molar refractivity (Wildman–Crippen MR) is 91.4 cm³/mol. The minimum Gasteiger partial charge on any atom is -0.369 e. The van der Waals surface area contributed by atoms with Crippen molar-refractivity contribution in [3.05, 3.63) is 70.8 Å². The third-order valence-electron chi connectivity index (χ3n) is 4.37. The number of rotatable bonds is 4. The van der Waals surface area contributed by atoms with Gasteiger partial charge in [0, 0.05) is 19.7 Å². The molecule has 0 spiro atoms. The summed E-state index contributed by atoms with van der Waals surface area (Å²) in [5.74, 6) is 0.0266. The minimum absolute atomic E-state index is 0.0266. The van der Waals surface area contributed by atoms with Crippen LogP contribution in [0.2, 0.25) is 0 Å². The maximum atomic E-state index is 11.9. The molecule has 0 bridgehead atoms. The molecule has 0 N–H and O–H groups in total. The zero-order valence-corrected chi connectivity index (χ0v) is 13.8. The Hall–Kier alpha value is -2.13. The van der Waals surface area contributed by atoms with E-state index in [0.29, 0.717) is 12.2 Å². The molecule has 0 aliphatic heterocycles. The molecule has 1 atom stereocenters. The van der Waals surface area contributed by atoms with Gasteiger partial charge in [0.1, 0.15) is 0 Å². The van der Waals surface area contributed by atoms with Crippen molar-refractivity contribution in [1.82, 2.24) is 4.90 Å². The van der Waals surface area contributed by atoms with E-state index in [2.05, 4.69) is 24.3 Å². The van der Waals surface area contributed by atoms with Crippen LogP contribution in [0.15, 0.2) is 48.5 Å². The molecular weight excluding hydrogens is 286 g/mol. The van der Waals surface area contributed by atoms with Gasteiger partial charge in [-0.1, -0.05) is 36.4 Å². The van der Waals surface area contributed by atoms with E-state index in [4.69, 9.17) is 4.74 Å². The molecule has 0 fully saturated rings. The largest absolute Gasteiger partial charge is 0.369 e. The van der Waals surface area contributed by atoms with Gasteiger partial charge in [0.2, 0.25) is 0 Å². The van der Waals surface area contributed by atoms with E-state index in [-0.39, 0.29) is 12.0 Å². The number of hydrogen-bond donors (Lipinski definition) is 0. The summed E-state index contributed by atoms with van der Waals surface area (Å²) in [7, 11) is 3.53. The molecule has 3 heteroatoms. The number of benzene rings is 2. The zero-order chi connectivity index (χ0) is 16.2. The van der Waals surface area contributed by atoms with Crippen LogP contribution in [0, 0.1) is 0 Å². The summed E-state index contributed by atoms with van der Waals surface area (Å²) in [4.78, 5) is 13.5. The highest BCUT2D eigenvalue weighted by molar-refractivity contribution is 5.93. The van der Waals surface area contributed by atoms with Gasteiger partial charge < -0.3 is 9.64 Å². The molecule has 0 unspecified atom stereocenters. The number of aryl methyl sites for hydroxylation is 1. The fraction of sp³-hybridized carbons (Fsp3) is 0.350. The SMILES string of the molecule is CN(C)C(=O)c1ccc(CO[C@@H]2CCCc3ccccc32)cc1. The molecule has 1 aliphatic rings. The van der Waals surface area contributed by atoms with Crippen LogP contribution in [0.3, 0.4) is 0 Å². The summed E-state index contributed by atoms with van der Waals surface area (Å²) in [5.41, 5.74) is 4.55. The second kappa shape index (κ2) is 6.97. The van der Waals surface area contributed by atoms with Gasteiger partial charge in [-0.2, -0.15) is 0 Å². The standard InChI is InChI=1S/C20H23NO2/c1-21(2)20(22)17-12-10-15(11-13-17)14-23-19-9-5-7-16-6-3-4-8-18(16)19/h3-4,6,8,10-13,19H,5,7,9,14H2,1-2H3/t19-/m1/s1. The van der Waals surface area contributed by atoms with E-state index >= 15 is 0 Å². The van der Waals surface area contributed by atoms with Crippen molar-refractivity contribution in [2.24, 2.45) is 0 Å². The van der Waals surface area contributed by atoms with Crippen molar-refractivity contribution in [3.8, 4) is 0 Å². The van der Waals surface area contributed by atoms with Gasteiger partial charge in [0.05, 0.1) is 12.7 Å². The molecule has 3 nitrogen and oxygen atoms in total. The zero-order valence-electron chi connectivity index (χ0n) is 13.8. The summed E-state index contributed by atoms with van der Waals surface area (Å²) >= 11 is 0. The number of ether oxygens (including phenoxy) is 1. The highest BCUT2D eigenvalue weighted by Gasteiger charge is 2.20. The Labute approximate surface area is 137 Å². The smallest absolute Gasteiger partial charge is 0.253 e. The maximum absolute atomic E-state index is 11.9. The lowest BCUT2D eigenvalue weighted by atomic mass is 9.89. The molecule has 3 rings (SSSR count). The first-order valence-corrected chi connectivity index (χ1v) is 8.15. The minimum atomic E-state index is 0.0266. The Morgan fingerprint density at radius 3 is 2.61 bits per heavy atom. The van der Waals surface area contributed by atoms with E-state index in [0.717, 1.165) is 18.4 Å². The highest BCUT2D eigenvalue weighted by atomic mass is 16.5. The van der Waals surface area contributed by atoms with Gasteiger partial charge in [0.25, 0.3) is 5.91 Å². The normalized spacial score (nSPS) is 16.7. The number of hydrogen-bond acceptors (Lipinski definition) is 2. The van der Waals surface area contributed by atoms with Gasteiger partial charge in [-0.15, -0.1) is 0 Å². The van der Waals surface area contributed by atoms with Crippen LogP contribution in [-0.2, 0) is 17.8 Å². The van der Waals surface area contributed by atoms with Crippen molar-refractivity contribution in [1.29, 1.82) is 0 Å². The molecule has 2 aromatic rings. The number of carbonyl (C=O) groups excluding carboxylic acids is 1. The van der Waals surface area contributed by atoms with E-state index in [1.807, 2.05) is 24.3 Å². The van der Waals surface area contributed by atoms with Crippen LogP contribution in [0.25, 0.3) is 0 Å². The van der Waals surface area contributed by atoms with Crippen LogP contribution < -0.4 is 0 Å². The number of amides is 1. The molecular formula is C20H23NO2. The molecule has 0 heterocycles. The summed E-state index contributed by atoms with van der Waals surface area (Å²) in [6, 6.07) is 16.3. The Morgan fingerprint density at radius 2 is 1.87 bits per heavy atom. The van der Waals surface area contributed by atoms with Crippen LogP contribution in [0.5, 0.6) is 0 Å². The van der Waals surface area contributed by atoms with Gasteiger partial charge in [-0.25, -0.2) is 0 Å². The fourth-order valence-electron chi connectivity index (χ4n) is 3.08. The molecule has 1 amide bonds. The lowest BCUT2D eigenvalue weighted by molar-refractivity contribution is 0.0282. The molecule has 0 aromatic heterocycles. The maximum Gasteiger partial charge on any atom is 0.253 e. The Morgan fingerprint density at radius 1 is 1.13 bits per heavy atom. The molecule has 0 saturated carbocycles. The van der Waals surface area contributed by atoms with Crippen molar-refractivity contribution in [2.75, 3.05) is 14.1 Å². The second-order valence-electron chi connectivity index (χ2n) is 6.29. The topological polar surface area (TPSA) is 29.5 Å². The molecule has 120 valence electrons. The second-order valence-corrected chi connectivity index (χ2v) is 6.29. The Kier molecular flexibility index (Phi) is 4.77. The summed E-state index contributed by atoms with van der Waals surface area (Å²) in [6.07, 6.45) is 3.59. The van der Waals surface area contributed by atoms with Crippen molar-refractivity contribution in [3.63, 3.8) is 0 Å². The van der Waals surface area contributed by atoms with E-state index < -0.39 is 0 Å². The van der Waals surface area contributed by atoms with E-state index in [1.54, 1.807) is 19.0 Å². The van der Waals surface area contributed by atoms with Crippen LogP contribution in [-0.4, -0.2) is 24.9 Å². The van der Waals surface area contributed by atoms with Gasteiger partial charge in [-0.3, -0.25) is 4.79 Å². The lowest BCUT2D eigenvalue weighted by Crippen LogP contribution is -2.21. The van der Waals surface area contributed by atoms with Crippen LogP contribution in [0.1, 0.15) is 46.0 Å². The van der Waals surface area contributed by atoms with Crippen LogP contribution in [0.4, 0.5) is 0 Å². The first-order valence-electron chi connectivity index (χ1n) is 8.15. The number of fused-ring (bicyclic) bond motifs is 1. The average molecular weight is 309 g/mol. The summed E-state index contributed by atoms with van der Waals surface area (Å²) in [6.45, 7) is 0.579. The van der Waals surface area contributed by atoms with Crippen molar-refractivity contribution >= 4 is 5.91 Å². The van der Waals surface area contributed by atoms with Crippen molar-refractivity contribution in [2.45, 2.75) is 32.0 Å². The lowest BCUT2D eigenvalue weighted by Gasteiger charge is -2.25. The average Bonchev–Trinajstić information content (AvgIpc) is 2.59. The fourth-order valence-corrected chi connectivity index (χ4v) is 3.08. The summed E-state index contributed by atoms with van der Waals surface area (Å²) in [5, 5.41) is 0. The molecule has 1 aliphatic carbocycles. The van der Waals surface area contributed by atoms with Gasteiger partial charge >= 0.3 is 0 Å².